The zero-order valence-corrected chi connectivity index (χ0v) is 18.7. The summed E-state index contributed by atoms with van der Waals surface area (Å²) in [6.07, 6.45) is 2.70. The molecule has 31 heavy (non-hydrogen) atoms. The third kappa shape index (κ3) is 4.08. The van der Waals surface area contributed by atoms with Gasteiger partial charge < -0.3 is 20.9 Å². The second kappa shape index (κ2) is 8.07. The Morgan fingerprint density at radius 3 is 2.94 bits per heavy atom. The van der Waals surface area contributed by atoms with Gasteiger partial charge in [-0.15, -0.1) is 0 Å². The molecule has 2 saturated heterocycles. The third-order valence-electron chi connectivity index (χ3n) is 5.60. The van der Waals surface area contributed by atoms with Crippen LogP contribution in [0.2, 0.25) is 5.02 Å². The fraction of sp³-hybridized carbons (Fsp3) is 0.333. The molecule has 4 heterocycles. The highest BCUT2D eigenvalue weighted by Gasteiger charge is 2.38. The smallest absolute Gasteiger partial charge is 0.267 e. The van der Waals surface area contributed by atoms with Crippen LogP contribution in [0.15, 0.2) is 30.5 Å². The average molecular weight is 456 g/mol. The predicted octanol–water partition coefficient (Wildman–Crippen LogP) is 3.75. The summed E-state index contributed by atoms with van der Waals surface area (Å²) in [4.78, 5) is 29.0. The molecule has 160 valence electrons. The van der Waals surface area contributed by atoms with Crippen molar-refractivity contribution in [3.8, 4) is 0 Å². The van der Waals surface area contributed by atoms with Crippen molar-refractivity contribution in [3.63, 3.8) is 0 Å². The van der Waals surface area contributed by atoms with Crippen molar-refractivity contribution in [1.82, 2.24) is 20.3 Å². The van der Waals surface area contributed by atoms with E-state index in [1.54, 1.807) is 12.3 Å². The third-order valence-corrected chi connectivity index (χ3v) is 6.83. The van der Waals surface area contributed by atoms with Gasteiger partial charge in [-0.25, -0.2) is 15.0 Å². The summed E-state index contributed by atoms with van der Waals surface area (Å²) in [6, 6.07) is 8.47. The zero-order chi connectivity index (χ0) is 21.5. The Morgan fingerprint density at radius 2 is 2.19 bits per heavy atom. The molecular weight excluding hydrogens is 434 g/mol. The van der Waals surface area contributed by atoms with Crippen LogP contribution in [-0.2, 0) is 0 Å². The lowest BCUT2D eigenvalue weighted by molar-refractivity contribution is 0.103. The number of para-hydroxylation sites is 1. The summed E-state index contributed by atoms with van der Waals surface area (Å²) in [5.74, 6) is 2.04. The van der Waals surface area contributed by atoms with Gasteiger partial charge in [0.2, 0.25) is 0 Å². The minimum absolute atomic E-state index is 0.248. The number of fused-ring (bicyclic) bond motifs is 2. The van der Waals surface area contributed by atoms with Crippen molar-refractivity contribution in [1.29, 1.82) is 0 Å². The maximum Gasteiger partial charge on any atom is 0.267 e. The van der Waals surface area contributed by atoms with Gasteiger partial charge in [0, 0.05) is 31.2 Å². The Kier molecular flexibility index (Phi) is 5.25. The molecule has 0 radical (unpaired) electrons. The van der Waals surface area contributed by atoms with Crippen LogP contribution in [-0.4, -0.2) is 46.0 Å². The molecule has 5 rings (SSSR count). The molecule has 3 aromatic rings. The van der Waals surface area contributed by atoms with E-state index >= 15 is 0 Å². The number of thiazole rings is 1. The van der Waals surface area contributed by atoms with E-state index in [9.17, 15) is 4.79 Å². The molecular formula is C21H22ClN7OS. The van der Waals surface area contributed by atoms with E-state index in [0.717, 1.165) is 30.9 Å². The van der Waals surface area contributed by atoms with Crippen LogP contribution in [0.3, 0.4) is 0 Å². The Hall–Kier alpha value is -2.75. The second-order valence-corrected chi connectivity index (χ2v) is 9.28. The molecule has 1 aromatic carbocycles. The van der Waals surface area contributed by atoms with Crippen LogP contribution in [0.25, 0.3) is 0 Å². The largest absolute Gasteiger partial charge is 0.351 e. The molecule has 3 N–H and O–H groups in total. The quantitative estimate of drug-likeness (QED) is 0.539. The molecule has 0 saturated carbocycles. The first-order valence-corrected chi connectivity index (χ1v) is 11.3. The van der Waals surface area contributed by atoms with Gasteiger partial charge in [0.15, 0.2) is 5.13 Å². The molecule has 1 amide bonds. The molecule has 8 nitrogen and oxygen atoms in total. The predicted molar refractivity (Wildman–Crippen MR) is 124 cm³/mol. The number of halogens is 1. The lowest BCUT2D eigenvalue weighted by Crippen LogP contribution is -2.44. The highest BCUT2D eigenvalue weighted by Crippen LogP contribution is 2.31. The van der Waals surface area contributed by atoms with E-state index in [0.29, 0.717) is 44.4 Å². The number of carbonyl (C=O) groups is 1. The van der Waals surface area contributed by atoms with Crippen LogP contribution in [0.4, 0.5) is 22.5 Å². The van der Waals surface area contributed by atoms with Crippen LogP contribution in [0.1, 0.15) is 27.5 Å². The van der Waals surface area contributed by atoms with Gasteiger partial charge in [0.1, 0.15) is 22.3 Å². The monoisotopic (exact) mass is 455 g/mol. The first kappa shape index (κ1) is 20.2. The summed E-state index contributed by atoms with van der Waals surface area (Å²) in [6.45, 7) is 5.74. The normalized spacial score (nSPS) is 19.6. The molecule has 2 aliphatic heterocycles. The number of carbonyl (C=O) groups excluding carboxylic acids is 1. The maximum absolute atomic E-state index is 12.7. The van der Waals surface area contributed by atoms with E-state index < -0.39 is 0 Å². The van der Waals surface area contributed by atoms with Crippen LogP contribution >= 0.6 is 22.9 Å². The van der Waals surface area contributed by atoms with Crippen molar-refractivity contribution in [2.24, 2.45) is 0 Å². The van der Waals surface area contributed by atoms with Crippen LogP contribution < -0.4 is 20.9 Å². The molecule has 0 spiro atoms. The maximum atomic E-state index is 12.7. The van der Waals surface area contributed by atoms with Crippen LogP contribution in [0, 0.1) is 13.8 Å². The average Bonchev–Trinajstić information content (AvgIpc) is 3.47. The summed E-state index contributed by atoms with van der Waals surface area (Å²) in [5.41, 5.74) is 1.51. The first-order valence-electron chi connectivity index (χ1n) is 10.1. The minimum Gasteiger partial charge on any atom is -0.351 e. The molecule has 0 unspecified atom stereocenters. The van der Waals surface area contributed by atoms with E-state index in [1.807, 2.05) is 32.0 Å². The van der Waals surface area contributed by atoms with Gasteiger partial charge >= 0.3 is 0 Å². The Bertz CT molecular complexity index is 1130. The highest BCUT2D eigenvalue weighted by atomic mass is 35.5. The summed E-state index contributed by atoms with van der Waals surface area (Å²) in [5, 5.41) is 10.7. The van der Waals surface area contributed by atoms with E-state index in [2.05, 4.69) is 35.8 Å². The van der Waals surface area contributed by atoms with Crippen molar-refractivity contribution in [2.75, 3.05) is 28.6 Å². The van der Waals surface area contributed by atoms with Crippen LogP contribution in [0.5, 0.6) is 0 Å². The van der Waals surface area contributed by atoms with E-state index in [-0.39, 0.29) is 5.91 Å². The van der Waals surface area contributed by atoms with Gasteiger partial charge in [0.05, 0.1) is 16.9 Å². The van der Waals surface area contributed by atoms with Gasteiger partial charge in [-0.05, 0) is 31.9 Å². The Labute approximate surface area is 189 Å². The summed E-state index contributed by atoms with van der Waals surface area (Å²) in [7, 11) is 0. The molecule has 2 aromatic heterocycles. The number of piperazine rings is 1. The van der Waals surface area contributed by atoms with E-state index in [1.165, 1.54) is 11.3 Å². The topological polar surface area (TPSA) is 95.1 Å². The molecule has 10 heteroatoms. The van der Waals surface area contributed by atoms with Crippen molar-refractivity contribution >= 4 is 51.3 Å². The number of amides is 1. The molecule has 2 aliphatic rings. The number of hydrogen-bond acceptors (Lipinski definition) is 8. The van der Waals surface area contributed by atoms with Gasteiger partial charge in [0.25, 0.3) is 5.91 Å². The first-order chi connectivity index (χ1) is 15.0. The van der Waals surface area contributed by atoms with Crippen molar-refractivity contribution in [3.05, 3.63) is 51.7 Å². The molecule has 2 fully saturated rings. The Morgan fingerprint density at radius 1 is 1.32 bits per heavy atom. The van der Waals surface area contributed by atoms with Gasteiger partial charge in [-0.3, -0.25) is 4.79 Å². The number of anilines is 4. The number of rotatable bonds is 5. The second-order valence-electron chi connectivity index (χ2n) is 7.85. The number of hydrogen-bond donors (Lipinski definition) is 3. The SMILES string of the molecule is Cc1nc(Nc2ncc(C(=O)Nc3c(C)cccc3Cl)s2)cc(N2C[C@H]3C[C@@H]2CN3)n1. The Balaban J connectivity index is 1.31. The van der Waals surface area contributed by atoms with E-state index in [4.69, 9.17) is 11.6 Å². The minimum atomic E-state index is -0.248. The summed E-state index contributed by atoms with van der Waals surface area (Å²) < 4.78 is 0. The number of aryl methyl sites for hydroxylation is 2. The van der Waals surface area contributed by atoms with Crippen molar-refractivity contribution in [2.45, 2.75) is 32.4 Å². The van der Waals surface area contributed by atoms with Gasteiger partial charge in [-0.1, -0.05) is 35.1 Å². The standard InChI is InChI=1S/C21H22ClN7OS/c1-11-4-3-5-15(22)19(11)28-20(30)16-9-24-21(31-16)27-17-7-18(26-12(2)25-17)29-10-13-6-14(29)8-23-13/h3-5,7,9,13-14,23H,6,8,10H2,1-2H3,(H,28,30)(H,24,25,26,27)/t13-,14-/m1/s1. The lowest BCUT2D eigenvalue weighted by Gasteiger charge is -2.28. The number of nitrogens with zero attached hydrogens (tertiary/aromatic N) is 4. The highest BCUT2D eigenvalue weighted by molar-refractivity contribution is 7.17. The fourth-order valence-electron chi connectivity index (χ4n) is 4.12. The molecule has 2 bridgehead atoms. The number of nitrogens with one attached hydrogen (secondary N) is 3. The van der Waals surface area contributed by atoms with Gasteiger partial charge in [-0.2, -0.15) is 0 Å². The fourth-order valence-corrected chi connectivity index (χ4v) is 5.10. The number of aromatic nitrogens is 3. The summed E-state index contributed by atoms with van der Waals surface area (Å²) >= 11 is 7.48. The zero-order valence-electron chi connectivity index (χ0n) is 17.1. The number of benzene rings is 1. The van der Waals surface area contributed by atoms with Crippen molar-refractivity contribution < 1.29 is 4.79 Å². The molecule has 0 aliphatic carbocycles. The lowest BCUT2D eigenvalue weighted by atomic mass is 10.2. The molecule has 2 atom stereocenters.